The van der Waals surface area contributed by atoms with Gasteiger partial charge in [0.2, 0.25) is 0 Å². The highest BCUT2D eigenvalue weighted by Crippen LogP contribution is 2.44. The second-order valence-electron chi connectivity index (χ2n) is 5.66. The summed E-state index contributed by atoms with van der Waals surface area (Å²) in [6.07, 6.45) is 6.13. The molecule has 0 saturated heterocycles. The molecule has 4 heteroatoms. The first kappa shape index (κ1) is 13.0. The Morgan fingerprint density at radius 3 is 2.83 bits per heavy atom. The van der Waals surface area contributed by atoms with Crippen molar-refractivity contribution in [3.8, 4) is 0 Å². The molecule has 18 heavy (non-hydrogen) atoms. The first-order chi connectivity index (χ1) is 8.72. The van der Waals surface area contributed by atoms with Crippen LogP contribution in [0, 0.1) is 0 Å². The van der Waals surface area contributed by atoms with Crippen LogP contribution in [0.2, 0.25) is 0 Å². The van der Waals surface area contributed by atoms with Crippen molar-refractivity contribution < 1.29 is 0 Å². The molecule has 3 N–H and O–H groups in total. The van der Waals surface area contributed by atoms with Crippen LogP contribution >= 0.6 is 23.1 Å². The molecule has 100 valence electrons. The highest BCUT2D eigenvalue weighted by molar-refractivity contribution is 8.01. The van der Waals surface area contributed by atoms with Gasteiger partial charge in [-0.15, -0.1) is 23.1 Å². The van der Waals surface area contributed by atoms with Gasteiger partial charge >= 0.3 is 0 Å². The Bertz CT molecular complexity index is 396. The van der Waals surface area contributed by atoms with Gasteiger partial charge in [0.25, 0.3) is 0 Å². The average Bonchev–Trinajstić information content (AvgIpc) is 2.80. The summed E-state index contributed by atoms with van der Waals surface area (Å²) in [6, 6.07) is 4.01. The Balaban J connectivity index is 1.66. The minimum absolute atomic E-state index is 0.445. The van der Waals surface area contributed by atoms with E-state index in [2.05, 4.69) is 23.7 Å². The summed E-state index contributed by atoms with van der Waals surface area (Å²) in [7, 11) is 0. The summed E-state index contributed by atoms with van der Waals surface area (Å²) in [5, 5.41) is 6.86. The van der Waals surface area contributed by atoms with Crippen molar-refractivity contribution >= 4 is 23.1 Å². The summed E-state index contributed by atoms with van der Waals surface area (Å²) in [5.74, 6) is 0. The third-order valence-corrected chi connectivity index (χ3v) is 6.46. The molecule has 1 saturated carbocycles. The van der Waals surface area contributed by atoms with Crippen LogP contribution in [0.1, 0.15) is 50.6 Å². The quantitative estimate of drug-likeness (QED) is 0.871. The first-order valence-electron chi connectivity index (χ1n) is 6.98. The van der Waals surface area contributed by atoms with Crippen molar-refractivity contribution in [2.75, 3.05) is 0 Å². The molecule has 1 aliphatic carbocycles. The Labute approximate surface area is 118 Å². The number of thiophene rings is 1. The number of rotatable bonds is 2. The number of thioether (sulfide) groups is 1. The zero-order valence-corrected chi connectivity index (χ0v) is 12.5. The fourth-order valence-electron chi connectivity index (χ4n) is 3.08. The van der Waals surface area contributed by atoms with E-state index < -0.39 is 0 Å². The number of hydrogen-bond donors (Lipinski definition) is 2. The third kappa shape index (κ3) is 2.77. The largest absolute Gasteiger partial charge is 0.328 e. The molecule has 1 fully saturated rings. The van der Waals surface area contributed by atoms with Gasteiger partial charge in [-0.2, -0.15) is 0 Å². The van der Waals surface area contributed by atoms with Crippen molar-refractivity contribution in [3.63, 3.8) is 0 Å². The van der Waals surface area contributed by atoms with Gasteiger partial charge in [-0.25, -0.2) is 0 Å². The predicted octanol–water partition coefficient (Wildman–Crippen LogP) is 3.53. The zero-order chi connectivity index (χ0) is 12.5. The third-order valence-electron chi connectivity index (χ3n) is 4.12. The molecule has 1 aromatic heterocycles. The van der Waals surface area contributed by atoms with Crippen molar-refractivity contribution in [1.29, 1.82) is 0 Å². The van der Waals surface area contributed by atoms with Gasteiger partial charge in [0, 0.05) is 23.4 Å². The Morgan fingerprint density at radius 1 is 1.28 bits per heavy atom. The second-order valence-corrected chi connectivity index (χ2v) is 8.28. The van der Waals surface area contributed by atoms with Crippen molar-refractivity contribution in [2.24, 2.45) is 5.73 Å². The normalized spacial score (nSPS) is 36.3. The highest BCUT2D eigenvalue weighted by Gasteiger charge is 2.29. The van der Waals surface area contributed by atoms with Gasteiger partial charge in [0.05, 0.1) is 4.21 Å². The molecule has 2 aliphatic rings. The van der Waals surface area contributed by atoms with Crippen LogP contribution in [0.5, 0.6) is 0 Å². The van der Waals surface area contributed by atoms with E-state index in [1.165, 1.54) is 41.9 Å². The van der Waals surface area contributed by atoms with Crippen LogP contribution in [0.15, 0.2) is 15.7 Å². The lowest BCUT2D eigenvalue weighted by molar-refractivity contribution is 0.307. The van der Waals surface area contributed by atoms with Crippen LogP contribution in [-0.2, 0) is 0 Å². The van der Waals surface area contributed by atoms with Crippen LogP contribution in [-0.4, -0.2) is 17.3 Å². The lowest BCUT2D eigenvalue weighted by Crippen LogP contribution is -2.40. The van der Waals surface area contributed by atoms with E-state index in [0.717, 1.165) is 5.25 Å². The van der Waals surface area contributed by atoms with Crippen LogP contribution < -0.4 is 11.1 Å². The maximum Gasteiger partial charge on any atom is 0.0649 e. The van der Waals surface area contributed by atoms with Gasteiger partial charge in [-0.05, 0) is 49.1 Å². The molecule has 0 amide bonds. The first-order valence-corrected chi connectivity index (χ1v) is 8.74. The van der Waals surface area contributed by atoms with Crippen molar-refractivity contribution in [2.45, 2.75) is 66.6 Å². The topological polar surface area (TPSA) is 38.0 Å². The molecule has 3 rings (SSSR count). The molecular formula is C14H22N2S2. The SMILES string of the molecule is C[C@H]1CC(NC2CCC(N)CC2)c2ccsc2S1. The summed E-state index contributed by atoms with van der Waals surface area (Å²) in [5.41, 5.74) is 7.52. The van der Waals surface area contributed by atoms with Gasteiger partial charge in [-0.3, -0.25) is 0 Å². The fourth-order valence-corrected chi connectivity index (χ4v) is 5.64. The average molecular weight is 282 g/mol. The molecule has 0 spiro atoms. The van der Waals surface area contributed by atoms with E-state index in [1.54, 1.807) is 0 Å². The minimum atomic E-state index is 0.445. The van der Waals surface area contributed by atoms with Gasteiger partial charge in [0.15, 0.2) is 0 Å². The molecule has 1 aromatic rings. The van der Waals surface area contributed by atoms with E-state index in [9.17, 15) is 0 Å². The maximum atomic E-state index is 5.98. The monoisotopic (exact) mass is 282 g/mol. The lowest BCUT2D eigenvalue weighted by Gasteiger charge is -2.34. The second kappa shape index (κ2) is 5.53. The Morgan fingerprint density at radius 2 is 2.06 bits per heavy atom. The van der Waals surface area contributed by atoms with Gasteiger partial charge < -0.3 is 11.1 Å². The van der Waals surface area contributed by atoms with Crippen molar-refractivity contribution in [3.05, 3.63) is 17.0 Å². The van der Waals surface area contributed by atoms with Crippen LogP contribution in [0.25, 0.3) is 0 Å². The summed E-state index contributed by atoms with van der Waals surface area (Å²) < 4.78 is 1.53. The van der Waals surface area contributed by atoms with Gasteiger partial charge in [-0.1, -0.05) is 6.92 Å². The molecule has 1 aliphatic heterocycles. The van der Waals surface area contributed by atoms with E-state index >= 15 is 0 Å². The lowest BCUT2D eigenvalue weighted by atomic mass is 9.90. The number of fused-ring (bicyclic) bond motifs is 1. The minimum Gasteiger partial charge on any atom is -0.328 e. The molecule has 2 heterocycles. The van der Waals surface area contributed by atoms with E-state index in [4.69, 9.17) is 5.73 Å². The summed E-state index contributed by atoms with van der Waals surface area (Å²) in [4.78, 5) is 0. The smallest absolute Gasteiger partial charge is 0.0649 e. The number of nitrogens with one attached hydrogen (secondary N) is 1. The number of nitrogens with two attached hydrogens (primary N) is 1. The Hall–Kier alpha value is -0.0300. The standard InChI is InChI=1S/C14H22N2S2/c1-9-8-13(12-6-7-17-14(12)18-9)16-11-4-2-10(15)3-5-11/h6-7,9-11,13,16H,2-5,8,15H2,1H3/t9-,10?,11?,13?/m0/s1. The molecule has 0 aromatic carbocycles. The van der Waals surface area contributed by atoms with Crippen molar-refractivity contribution in [1.82, 2.24) is 5.32 Å². The highest BCUT2D eigenvalue weighted by atomic mass is 32.2. The van der Waals surface area contributed by atoms with E-state index in [0.29, 0.717) is 18.1 Å². The molecule has 0 bridgehead atoms. The molecule has 0 radical (unpaired) electrons. The number of hydrogen-bond acceptors (Lipinski definition) is 4. The van der Waals surface area contributed by atoms with Gasteiger partial charge in [0.1, 0.15) is 0 Å². The van der Waals surface area contributed by atoms with E-state index in [1.807, 2.05) is 23.1 Å². The maximum absolute atomic E-state index is 5.98. The molecule has 2 atom stereocenters. The zero-order valence-electron chi connectivity index (χ0n) is 10.9. The van der Waals surface area contributed by atoms with E-state index in [-0.39, 0.29) is 0 Å². The van der Waals surface area contributed by atoms with Crippen LogP contribution in [0.4, 0.5) is 0 Å². The summed E-state index contributed by atoms with van der Waals surface area (Å²) in [6.45, 7) is 2.35. The molecular weight excluding hydrogens is 260 g/mol. The molecule has 2 nitrogen and oxygen atoms in total. The summed E-state index contributed by atoms with van der Waals surface area (Å²) >= 11 is 3.94. The van der Waals surface area contributed by atoms with Crippen LogP contribution in [0.3, 0.4) is 0 Å². The predicted molar refractivity (Wildman–Crippen MR) is 80.4 cm³/mol. The Kier molecular flexibility index (Phi) is 3.99. The molecule has 1 unspecified atom stereocenters. The fraction of sp³-hybridized carbons (Fsp3) is 0.714.